The van der Waals surface area contributed by atoms with Gasteiger partial charge in [0, 0.05) is 25.9 Å². The van der Waals surface area contributed by atoms with E-state index >= 15 is 0 Å². The highest BCUT2D eigenvalue weighted by Gasteiger charge is 2.18. The summed E-state index contributed by atoms with van der Waals surface area (Å²) in [5.74, 6) is 2.44. The third kappa shape index (κ3) is 5.11. The molecule has 0 N–H and O–H groups in total. The quantitative estimate of drug-likeness (QED) is 0.260. The second-order valence-corrected chi connectivity index (χ2v) is 10.4. The Balaban J connectivity index is 0.00000259. The van der Waals surface area contributed by atoms with Gasteiger partial charge in [-0.15, -0.1) is 33.9 Å². The third-order valence-electron chi connectivity index (χ3n) is 6.08. The summed E-state index contributed by atoms with van der Waals surface area (Å²) >= 11 is 3.60. The highest BCUT2D eigenvalue weighted by molar-refractivity contribution is 7.99. The molecule has 0 atom stereocenters. The first-order valence-electron chi connectivity index (χ1n) is 11.2. The van der Waals surface area contributed by atoms with Crippen molar-refractivity contribution < 1.29 is 4.42 Å². The van der Waals surface area contributed by atoms with Crippen LogP contribution < -0.4 is 0 Å². The molecule has 3 aromatic heterocycles. The van der Waals surface area contributed by atoms with E-state index in [0.717, 1.165) is 67.7 Å². The minimum atomic E-state index is 0. The largest absolute Gasteiger partial charge is 0.440 e. The van der Waals surface area contributed by atoms with Crippen molar-refractivity contribution in [3.05, 3.63) is 40.4 Å². The number of hydrogen-bond donors (Lipinski definition) is 0. The summed E-state index contributed by atoms with van der Waals surface area (Å²) in [6.07, 6.45) is 5.83. The molecule has 5 rings (SSSR count). The van der Waals surface area contributed by atoms with E-state index < -0.39 is 0 Å². The molecule has 0 unspecified atom stereocenters. The van der Waals surface area contributed by atoms with Gasteiger partial charge in [0.2, 0.25) is 5.82 Å². The van der Waals surface area contributed by atoms with Gasteiger partial charge in [-0.1, -0.05) is 18.7 Å². The van der Waals surface area contributed by atoms with Crippen LogP contribution in [0.4, 0.5) is 0 Å². The van der Waals surface area contributed by atoms with Crippen LogP contribution in [0.15, 0.2) is 28.1 Å². The SMILES string of the molecule is CCc1nc2cc3c(cc2s1)CCN(CCCSc1nnc(-c2ocnc2C)n1C)CC3.Cl. The Morgan fingerprint density at radius 3 is 2.67 bits per heavy atom. The molecule has 0 aliphatic carbocycles. The van der Waals surface area contributed by atoms with Gasteiger partial charge in [0.05, 0.1) is 20.9 Å². The van der Waals surface area contributed by atoms with E-state index in [-0.39, 0.29) is 12.4 Å². The number of thioether (sulfide) groups is 1. The summed E-state index contributed by atoms with van der Waals surface area (Å²) in [4.78, 5) is 11.5. The smallest absolute Gasteiger partial charge is 0.202 e. The minimum Gasteiger partial charge on any atom is -0.440 e. The van der Waals surface area contributed by atoms with E-state index in [2.05, 4.69) is 39.1 Å². The molecule has 10 heteroatoms. The van der Waals surface area contributed by atoms with E-state index in [1.807, 2.05) is 29.9 Å². The number of halogens is 1. The molecule has 0 saturated heterocycles. The maximum Gasteiger partial charge on any atom is 0.202 e. The lowest BCUT2D eigenvalue weighted by molar-refractivity contribution is 0.289. The van der Waals surface area contributed by atoms with E-state index in [1.165, 1.54) is 32.7 Å². The number of rotatable bonds is 7. The van der Waals surface area contributed by atoms with Crippen LogP contribution in [0.3, 0.4) is 0 Å². The molecule has 176 valence electrons. The molecule has 0 fully saturated rings. The van der Waals surface area contributed by atoms with Crippen molar-refractivity contribution in [3.63, 3.8) is 0 Å². The average molecular weight is 505 g/mol. The second-order valence-electron chi connectivity index (χ2n) is 8.23. The van der Waals surface area contributed by atoms with E-state index in [4.69, 9.17) is 9.40 Å². The van der Waals surface area contributed by atoms with Gasteiger partial charge < -0.3 is 13.9 Å². The molecule has 0 amide bonds. The summed E-state index contributed by atoms with van der Waals surface area (Å²) < 4.78 is 8.80. The van der Waals surface area contributed by atoms with Gasteiger partial charge in [0.1, 0.15) is 0 Å². The molecule has 1 aliphatic heterocycles. The number of hydrogen-bond acceptors (Lipinski definition) is 8. The van der Waals surface area contributed by atoms with Crippen LogP contribution in [0.5, 0.6) is 0 Å². The van der Waals surface area contributed by atoms with Crippen molar-refractivity contribution in [2.24, 2.45) is 7.05 Å². The average Bonchev–Trinajstić information content (AvgIpc) is 3.46. The van der Waals surface area contributed by atoms with Crippen molar-refractivity contribution in [2.45, 2.75) is 44.7 Å². The predicted octanol–water partition coefficient (Wildman–Crippen LogP) is 4.96. The van der Waals surface area contributed by atoms with Crippen LogP contribution in [-0.2, 0) is 26.3 Å². The highest BCUT2D eigenvalue weighted by atomic mass is 35.5. The number of nitrogens with zero attached hydrogens (tertiary/aromatic N) is 6. The first-order valence-corrected chi connectivity index (χ1v) is 13.0. The maximum absolute atomic E-state index is 5.47. The van der Waals surface area contributed by atoms with Crippen LogP contribution in [0, 0.1) is 6.92 Å². The molecular weight excluding hydrogens is 476 g/mol. The fourth-order valence-corrected chi connectivity index (χ4v) is 6.01. The number of aromatic nitrogens is 5. The van der Waals surface area contributed by atoms with E-state index in [0.29, 0.717) is 5.76 Å². The Hall–Kier alpha value is -1.94. The molecule has 4 heterocycles. The summed E-state index contributed by atoms with van der Waals surface area (Å²) in [6, 6.07) is 4.73. The maximum atomic E-state index is 5.47. The van der Waals surface area contributed by atoms with E-state index in [9.17, 15) is 0 Å². The second kappa shape index (κ2) is 10.5. The van der Waals surface area contributed by atoms with Crippen LogP contribution in [0.25, 0.3) is 21.8 Å². The Morgan fingerprint density at radius 2 is 1.94 bits per heavy atom. The standard InChI is InChI=1S/C23H28N6OS2.ClH/c1-4-20-25-18-12-16-6-9-29(10-7-17(16)13-19(18)32-20)8-5-11-31-23-27-26-22(28(23)3)21-15(2)24-14-30-21;/h12-14H,4-11H2,1-3H3;1H. The molecule has 1 aromatic carbocycles. The van der Waals surface area contributed by atoms with Crippen molar-refractivity contribution in [1.82, 2.24) is 29.6 Å². The van der Waals surface area contributed by atoms with Crippen molar-refractivity contribution >= 4 is 45.7 Å². The lowest BCUT2D eigenvalue weighted by atomic mass is 10.0. The van der Waals surface area contributed by atoms with Gasteiger partial charge in [-0.25, -0.2) is 9.97 Å². The van der Waals surface area contributed by atoms with Crippen molar-refractivity contribution in [3.8, 4) is 11.6 Å². The third-order valence-corrected chi connectivity index (χ3v) is 8.35. The highest BCUT2D eigenvalue weighted by Crippen LogP contribution is 2.28. The Morgan fingerprint density at radius 1 is 1.15 bits per heavy atom. The van der Waals surface area contributed by atoms with Crippen molar-refractivity contribution in [1.29, 1.82) is 0 Å². The van der Waals surface area contributed by atoms with Gasteiger partial charge in [0.25, 0.3) is 0 Å². The van der Waals surface area contributed by atoms with Gasteiger partial charge >= 0.3 is 0 Å². The zero-order valence-corrected chi connectivity index (χ0v) is 21.7. The van der Waals surface area contributed by atoms with Crippen molar-refractivity contribution in [2.75, 3.05) is 25.4 Å². The molecule has 0 radical (unpaired) electrons. The van der Waals surface area contributed by atoms with Crippen LogP contribution in [0.2, 0.25) is 0 Å². The summed E-state index contributed by atoms with van der Waals surface area (Å²) in [5, 5.41) is 10.8. The fraction of sp³-hybridized carbons (Fsp3) is 0.478. The predicted molar refractivity (Wildman–Crippen MR) is 137 cm³/mol. The van der Waals surface area contributed by atoms with Crippen LogP contribution in [-0.4, -0.2) is 55.0 Å². The Kier molecular flexibility index (Phi) is 7.73. The van der Waals surface area contributed by atoms with Crippen LogP contribution in [0.1, 0.15) is 35.2 Å². The summed E-state index contributed by atoms with van der Waals surface area (Å²) in [7, 11) is 1.98. The Bertz CT molecular complexity index is 1190. The molecule has 0 spiro atoms. The topological polar surface area (TPSA) is 72.9 Å². The molecule has 33 heavy (non-hydrogen) atoms. The number of thiazole rings is 1. The fourth-order valence-electron chi connectivity index (χ4n) is 4.22. The zero-order chi connectivity index (χ0) is 22.1. The molecule has 4 aromatic rings. The Labute approximate surface area is 208 Å². The monoisotopic (exact) mass is 504 g/mol. The molecule has 1 aliphatic rings. The van der Waals surface area contributed by atoms with Gasteiger partial charge in [0.15, 0.2) is 17.3 Å². The minimum absolute atomic E-state index is 0. The number of aryl methyl sites for hydroxylation is 2. The lowest BCUT2D eigenvalue weighted by Crippen LogP contribution is -2.27. The zero-order valence-electron chi connectivity index (χ0n) is 19.2. The van der Waals surface area contributed by atoms with Gasteiger partial charge in [-0.2, -0.15) is 0 Å². The number of oxazole rings is 1. The van der Waals surface area contributed by atoms with Gasteiger partial charge in [-0.05, 0) is 62.4 Å². The molecule has 0 bridgehead atoms. The normalized spacial score (nSPS) is 14.3. The van der Waals surface area contributed by atoms with Crippen LogP contribution >= 0.6 is 35.5 Å². The lowest BCUT2D eigenvalue weighted by Gasteiger charge is -2.19. The summed E-state index contributed by atoms with van der Waals surface area (Å²) in [6.45, 7) is 7.45. The van der Waals surface area contributed by atoms with Gasteiger partial charge in [-0.3, -0.25) is 0 Å². The van der Waals surface area contributed by atoms with E-state index in [1.54, 1.807) is 11.8 Å². The first-order chi connectivity index (χ1) is 15.6. The molecule has 7 nitrogen and oxygen atoms in total. The number of benzene rings is 1. The number of fused-ring (bicyclic) bond motifs is 2. The molecule has 0 saturated carbocycles. The molecular formula is C23H29ClN6OS2. The summed E-state index contributed by atoms with van der Waals surface area (Å²) in [5.41, 5.74) is 5.01. The first kappa shape index (κ1) is 24.2.